The molecule has 7 heteroatoms. The molecule has 0 aromatic heterocycles. The van der Waals surface area contributed by atoms with E-state index in [1.807, 2.05) is 19.1 Å². The minimum atomic E-state index is -0.880. The predicted molar refractivity (Wildman–Crippen MR) is 122 cm³/mol. The number of nitrogens with zero attached hydrogens (tertiary/aromatic N) is 1. The van der Waals surface area contributed by atoms with Crippen molar-refractivity contribution in [2.24, 2.45) is 0 Å². The number of amides is 1. The summed E-state index contributed by atoms with van der Waals surface area (Å²) in [7, 11) is 1.52. The molecule has 7 nitrogen and oxygen atoms in total. The van der Waals surface area contributed by atoms with Gasteiger partial charge in [-0.15, -0.1) is 0 Å². The Morgan fingerprint density at radius 2 is 1.73 bits per heavy atom. The summed E-state index contributed by atoms with van der Waals surface area (Å²) >= 11 is 0. The van der Waals surface area contributed by atoms with E-state index < -0.39 is 17.7 Å². The Morgan fingerprint density at radius 1 is 1.00 bits per heavy atom. The summed E-state index contributed by atoms with van der Waals surface area (Å²) in [5, 5.41) is 11.3. The summed E-state index contributed by atoms with van der Waals surface area (Å²) in [4.78, 5) is 27.9. The first-order chi connectivity index (χ1) is 16.0. The summed E-state index contributed by atoms with van der Waals surface area (Å²) < 4.78 is 16.3. The van der Waals surface area contributed by atoms with E-state index in [0.29, 0.717) is 34.1 Å². The van der Waals surface area contributed by atoms with Crippen molar-refractivity contribution < 1.29 is 28.9 Å². The van der Waals surface area contributed by atoms with Gasteiger partial charge in [0, 0.05) is 16.8 Å². The van der Waals surface area contributed by atoms with E-state index in [9.17, 15) is 14.7 Å². The summed E-state index contributed by atoms with van der Waals surface area (Å²) in [5.41, 5.74) is 2.47. The maximum atomic E-state index is 13.3. The maximum absolute atomic E-state index is 13.3. The number of carbonyl (C=O) groups excluding carboxylic acids is 2. The second-order valence-corrected chi connectivity index (χ2v) is 7.81. The number of benzene rings is 3. The van der Waals surface area contributed by atoms with Crippen LogP contribution in [0.4, 0.5) is 5.69 Å². The summed E-state index contributed by atoms with van der Waals surface area (Å²) in [6.07, 6.45) is 0. The molecule has 1 N–H and O–H groups in total. The van der Waals surface area contributed by atoms with Crippen LogP contribution in [0.25, 0.3) is 5.76 Å². The van der Waals surface area contributed by atoms with E-state index in [2.05, 4.69) is 0 Å². The molecule has 1 saturated heterocycles. The molecule has 2 aliphatic heterocycles. The van der Waals surface area contributed by atoms with Crippen molar-refractivity contribution in [3.8, 4) is 17.2 Å². The third kappa shape index (κ3) is 3.38. The van der Waals surface area contributed by atoms with Crippen LogP contribution in [0, 0.1) is 6.92 Å². The number of aliphatic hydroxyl groups is 1. The van der Waals surface area contributed by atoms with Gasteiger partial charge in [0.15, 0.2) is 11.5 Å². The Kier molecular flexibility index (Phi) is 5.01. The Balaban J connectivity index is 1.73. The first-order valence-corrected chi connectivity index (χ1v) is 10.4. The number of rotatable bonds is 4. The van der Waals surface area contributed by atoms with Crippen molar-refractivity contribution in [3.63, 3.8) is 0 Å². The first-order valence-electron chi connectivity index (χ1n) is 10.4. The van der Waals surface area contributed by atoms with Crippen LogP contribution in [0.3, 0.4) is 0 Å². The number of anilines is 1. The average molecular weight is 443 g/mol. The highest BCUT2D eigenvalue weighted by Crippen LogP contribution is 2.45. The highest BCUT2D eigenvalue weighted by atomic mass is 16.7. The number of hydrogen-bond acceptors (Lipinski definition) is 6. The van der Waals surface area contributed by atoms with Crippen LogP contribution < -0.4 is 19.1 Å². The molecule has 1 unspecified atom stereocenters. The number of aryl methyl sites for hydroxylation is 1. The summed E-state index contributed by atoms with van der Waals surface area (Å²) in [6.45, 7) is 2.02. The third-order valence-electron chi connectivity index (χ3n) is 5.84. The second kappa shape index (κ2) is 8.02. The van der Waals surface area contributed by atoms with E-state index in [4.69, 9.17) is 14.2 Å². The molecule has 0 spiro atoms. The zero-order valence-electron chi connectivity index (χ0n) is 18.1. The van der Waals surface area contributed by atoms with Gasteiger partial charge in [0.1, 0.15) is 11.5 Å². The molecule has 0 aliphatic carbocycles. The van der Waals surface area contributed by atoms with Gasteiger partial charge < -0.3 is 19.3 Å². The molecule has 0 bridgehead atoms. The van der Waals surface area contributed by atoms with Crippen LogP contribution in [-0.2, 0) is 9.59 Å². The minimum Gasteiger partial charge on any atom is -0.507 e. The number of fused-ring (bicyclic) bond motifs is 1. The van der Waals surface area contributed by atoms with E-state index in [1.54, 1.807) is 54.6 Å². The van der Waals surface area contributed by atoms with Crippen LogP contribution >= 0.6 is 0 Å². The monoisotopic (exact) mass is 443 g/mol. The summed E-state index contributed by atoms with van der Waals surface area (Å²) in [6, 6.07) is 18.4. The number of ketones is 1. The molecule has 33 heavy (non-hydrogen) atoms. The smallest absolute Gasteiger partial charge is 0.300 e. The van der Waals surface area contributed by atoms with Gasteiger partial charge in [-0.25, -0.2) is 0 Å². The SMILES string of the molecule is COc1ccccc1C1/C(=C(\O)c2ccc3c(c2)OCO3)C(=O)C(=O)N1c1ccc(C)cc1. The topological polar surface area (TPSA) is 85.3 Å². The predicted octanol–water partition coefficient (Wildman–Crippen LogP) is 4.36. The lowest BCUT2D eigenvalue weighted by Gasteiger charge is -2.26. The van der Waals surface area contributed by atoms with Gasteiger partial charge in [0.25, 0.3) is 11.7 Å². The van der Waals surface area contributed by atoms with Gasteiger partial charge in [0.2, 0.25) is 6.79 Å². The van der Waals surface area contributed by atoms with Crippen LogP contribution in [0.5, 0.6) is 17.2 Å². The molecule has 1 amide bonds. The van der Waals surface area contributed by atoms with Crippen molar-refractivity contribution in [1.29, 1.82) is 0 Å². The molecule has 166 valence electrons. The Bertz CT molecular complexity index is 1290. The highest BCUT2D eigenvalue weighted by Gasteiger charge is 2.48. The fourth-order valence-corrected chi connectivity index (χ4v) is 4.19. The first kappa shape index (κ1) is 20.6. The zero-order chi connectivity index (χ0) is 23.1. The average Bonchev–Trinajstić information content (AvgIpc) is 3.41. The van der Waals surface area contributed by atoms with Crippen LogP contribution in [0.1, 0.15) is 22.7 Å². The van der Waals surface area contributed by atoms with E-state index in [-0.39, 0.29) is 18.1 Å². The number of carbonyl (C=O) groups is 2. The van der Waals surface area contributed by atoms with Gasteiger partial charge in [0.05, 0.1) is 18.7 Å². The number of para-hydroxylation sites is 1. The Hall–Kier alpha value is -4.26. The molecule has 0 radical (unpaired) electrons. The summed E-state index contributed by atoms with van der Waals surface area (Å²) in [5.74, 6) is -0.289. The normalized spacial score (nSPS) is 18.6. The van der Waals surface area contributed by atoms with Gasteiger partial charge in [-0.05, 0) is 43.3 Å². The van der Waals surface area contributed by atoms with E-state index >= 15 is 0 Å². The van der Waals surface area contributed by atoms with Gasteiger partial charge in [-0.2, -0.15) is 0 Å². The molecular formula is C26H21NO6. The highest BCUT2D eigenvalue weighted by molar-refractivity contribution is 6.51. The van der Waals surface area contributed by atoms with Gasteiger partial charge in [-0.3, -0.25) is 14.5 Å². The lowest BCUT2D eigenvalue weighted by molar-refractivity contribution is -0.132. The molecule has 2 heterocycles. The van der Waals surface area contributed by atoms with Crippen LogP contribution in [0.15, 0.2) is 72.3 Å². The van der Waals surface area contributed by atoms with Crippen molar-refractivity contribution in [2.45, 2.75) is 13.0 Å². The third-order valence-corrected chi connectivity index (χ3v) is 5.84. The van der Waals surface area contributed by atoms with Crippen molar-refractivity contribution in [1.82, 2.24) is 0 Å². The molecule has 2 aliphatic rings. The fourth-order valence-electron chi connectivity index (χ4n) is 4.19. The molecule has 3 aromatic carbocycles. The number of aliphatic hydroxyl groups excluding tert-OH is 1. The standard InChI is InChI=1S/C26H21NO6/c1-15-7-10-17(11-8-15)27-23(18-5-3-4-6-19(18)31-2)22(25(29)26(27)30)24(28)16-9-12-20-21(13-16)33-14-32-20/h3-13,23,28H,14H2,1-2H3/b24-22+. The van der Waals surface area contributed by atoms with Gasteiger partial charge in [-0.1, -0.05) is 35.9 Å². The van der Waals surface area contributed by atoms with Crippen molar-refractivity contribution in [2.75, 3.05) is 18.8 Å². The lowest BCUT2D eigenvalue weighted by atomic mass is 9.94. The zero-order valence-corrected chi connectivity index (χ0v) is 18.1. The quantitative estimate of drug-likeness (QED) is 0.366. The number of Topliss-reactive ketones (excluding diaryl/α,β-unsaturated/α-hetero) is 1. The lowest BCUT2D eigenvalue weighted by Crippen LogP contribution is -2.29. The van der Waals surface area contributed by atoms with E-state index in [0.717, 1.165) is 5.56 Å². The minimum absolute atomic E-state index is 0.0241. The number of hydrogen-bond donors (Lipinski definition) is 1. The fraction of sp³-hybridized carbons (Fsp3) is 0.154. The van der Waals surface area contributed by atoms with Gasteiger partial charge >= 0.3 is 0 Å². The second-order valence-electron chi connectivity index (χ2n) is 7.81. The molecule has 1 fully saturated rings. The largest absolute Gasteiger partial charge is 0.507 e. The van der Waals surface area contributed by atoms with Crippen molar-refractivity contribution in [3.05, 3.63) is 89.0 Å². The van der Waals surface area contributed by atoms with Crippen LogP contribution in [0.2, 0.25) is 0 Å². The maximum Gasteiger partial charge on any atom is 0.300 e. The number of methoxy groups -OCH3 is 1. The van der Waals surface area contributed by atoms with E-state index in [1.165, 1.54) is 12.0 Å². The molecule has 5 rings (SSSR count). The Morgan fingerprint density at radius 3 is 2.48 bits per heavy atom. The molecule has 3 aromatic rings. The molecule has 0 saturated carbocycles. The number of ether oxygens (including phenoxy) is 3. The Labute approximate surface area is 190 Å². The molecular weight excluding hydrogens is 422 g/mol. The molecule has 1 atom stereocenters. The van der Waals surface area contributed by atoms with Crippen molar-refractivity contribution >= 4 is 23.1 Å². The van der Waals surface area contributed by atoms with Crippen LogP contribution in [-0.4, -0.2) is 30.7 Å².